The molecule has 0 radical (unpaired) electrons. The second-order valence-corrected chi connectivity index (χ2v) is 2.46. The molecule has 0 aromatic carbocycles. The van der Waals surface area contributed by atoms with Gasteiger partial charge < -0.3 is 11.1 Å². The molecule has 1 fully saturated rings. The molecule has 4 heteroatoms. The van der Waals surface area contributed by atoms with Crippen molar-refractivity contribution in [2.24, 2.45) is 5.73 Å². The van der Waals surface area contributed by atoms with Crippen molar-refractivity contribution in [2.45, 2.75) is 31.8 Å². The number of carbonyl (C=O) groups excluding carboxylic acids is 1. The quantitative estimate of drug-likeness (QED) is 0.575. The van der Waals surface area contributed by atoms with E-state index in [0.717, 1.165) is 12.8 Å². The van der Waals surface area contributed by atoms with Gasteiger partial charge in [-0.3, -0.25) is 4.79 Å². The number of nitrogens with two attached hydrogens (primary N) is 1. The van der Waals surface area contributed by atoms with Gasteiger partial charge in [-0.25, -0.2) is 0 Å². The molecule has 0 spiro atoms. The molecule has 1 aliphatic heterocycles. The van der Waals surface area contributed by atoms with Crippen molar-refractivity contribution in [1.82, 2.24) is 5.32 Å². The second kappa shape index (κ2) is 3.78. The Labute approximate surface area is 66.8 Å². The molecule has 1 amide bonds. The molecule has 0 bridgehead atoms. The number of rotatable bonds is 1. The standard InChI is InChI=1S/C6H12N2O.ClH/c1-2-4-3-5(7)6(9)8-4;/h4-5H,2-3,7H2,1H3,(H,8,9);1H/t4?,5-;/m0./s1. The average molecular weight is 165 g/mol. The summed E-state index contributed by atoms with van der Waals surface area (Å²) in [6.07, 6.45) is 1.79. The maximum Gasteiger partial charge on any atom is 0.237 e. The summed E-state index contributed by atoms with van der Waals surface area (Å²) in [4.78, 5) is 10.7. The molecule has 2 atom stereocenters. The number of hydrogen-bond donors (Lipinski definition) is 2. The second-order valence-electron chi connectivity index (χ2n) is 2.46. The molecular weight excluding hydrogens is 152 g/mol. The smallest absolute Gasteiger partial charge is 0.237 e. The number of amides is 1. The minimum Gasteiger partial charge on any atom is -0.352 e. The minimum absolute atomic E-state index is 0. The van der Waals surface area contributed by atoms with Gasteiger partial charge in [0.1, 0.15) is 0 Å². The van der Waals surface area contributed by atoms with Crippen LogP contribution in [0.4, 0.5) is 0 Å². The Bertz CT molecular complexity index is 129. The van der Waals surface area contributed by atoms with Gasteiger partial charge in [-0.05, 0) is 12.8 Å². The van der Waals surface area contributed by atoms with Crippen molar-refractivity contribution in [3.05, 3.63) is 0 Å². The van der Waals surface area contributed by atoms with Gasteiger partial charge in [0, 0.05) is 6.04 Å². The van der Waals surface area contributed by atoms with Crippen molar-refractivity contribution in [3.8, 4) is 0 Å². The van der Waals surface area contributed by atoms with E-state index in [1.807, 2.05) is 6.92 Å². The lowest BCUT2D eigenvalue weighted by Crippen LogP contribution is -2.31. The first-order valence-corrected chi connectivity index (χ1v) is 3.30. The molecule has 60 valence electrons. The van der Waals surface area contributed by atoms with Crippen LogP contribution >= 0.6 is 12.4 Å². The Morgan fingerprint density at radius 3 is 2.60 bits per heavy atom. The Balaban J connectivity index is 0.000000810. The molecule has 3 N–H and O–H groups in total. The van der Waals surface area contributed by atoms with E-state index in [0.29, 0.717) is 6.04 Å². The van der Waals surface area contributed by atoms with Gasteiger partial charge in [0.05, 0.1) is 6.04 Å². The summed E-state index contributed by atoms with van der Waals surface area (Å²) in [7, 11) is 0. The van der Waals surface area contributed by atoms with Gasteiger partial charge in [-0.15, -0.1) is 12.4 Å². The van der Waals surface area contributed by atoms with Gasteiger partial charge in [-0.2, -0.15) is 0 Å². The van der Waals surface area contributed by atoms with E-state index >= 15 is 0 Å². The lowest BCUT2D eigenvalue weighted by atomic mass is 10.1. The normalized spacial score (nSPS) is 31.2. The number of hydrogen-bond acceptors (Lipinski definition) is 2. The molecule has 10 heavy (non-hydrogen) atoms. The van der Waals surface area contributed by atoms with E-state index in [4.69, 9.17) is 5.73 Å². The fourth-order valence-electron chi connectivity index (χ4n) is 1.05. The van der Waals surface area contributed by atoms with Crippen LogP contribution in [0.15, 0.2) is 0 Å². The van der Waals surface area contributed by atoms with Crippen LogP contribution < -0.4 is 11.1 Å². The van der Waals surface area contributed by atoms with Gasteiger partial charge >= 0.3 is 0 Å². The number of carbonyl (C=O) groups is 1. The number of halogens is 1. The molecule has 0 aromatic rings. The van der Waals surface area contributed by atoms with Crippen LogP contribution in [0.1, 0.15) is 19.8 Å². The van der Waals surface area contributed by atoms with Crippen LogP contribution in [0.3, 0.4) is 0 Å². The highest BCUT2D eigenvalue weighted by molar-refractivity contribution is 5.85. The Morgan fingerprint density at radius 1 is 1.80 bits per heavy atom. The Kier molecular flexibility index (Phi) is 3.68. The predicted octanol–water partition coefficient (Wildman–Crippen LogP) is 0.0340. The monoisotopic (exact) mass is 164 g/mol. The molecule has 3 nitrogen and oxygen atoms in total. The lowest BCUT2D eigenvalue weighted by molar-refractivity contribution is -0.120. The molecule has 0 aliphatic carbocycles. The zero-order valence-corrected chi connectivity index (χ0v) is 6.78. The van der Waals surface area contributed by atoms with Crippen LogP contribution in [-0.2, 0) is 4.79 Å². The van der Waals surface area contributed by atoms with Crippen molar-refractivity contribution in [1.29, 1.82) is 0 Å². The first-order valence-electron chi connectivity index (χ1n) is 3.30. The topological polar surface area (TPSA) is 55.1 Å². The summed E-state index contributed by atoms with van der Waals surface area (Å²) in [5.74, 6) is 0.00171. The lowest BCUT2D eigenvalue weighted by Gasteiger charge is -2.02. The molecule has 1 aliphatic rings. The fourth-order valence-corrected chi connectivity index (χ4v) is 1.05. The molecular formula is C6H13ClN2O. The largest absolute Gasteiger partial charge is 0.352 e. The van der Waals surface area contributed by atoms with Crippen LogP contribution in [0.25, 0.3) is 0 Å². The van der Waals surface area contributed by atoms with Crippen molar-refractivity contribution in [2.75, 3.05) is 0 Å². The Hall–Kier alpha value is -0.280. The van der Waals surface area contributed by atoms with E-state index in [2.05, 4.69) is 5.32 Å². The summed E-state index contributed by atoms with van der Waals surface area (Å²) < 4.78 is 0. The van der Waals surface area contributed by atoms with E-state index in [9.17, 15) is 4.79 Å². The van der Waals surface area contributed by atoms with Crippen LogP contribution in [0, 0.1) is 0 Å². The highest BCUT2D eigenvalue weighted by Gasteiger charge is 2.26. The van der Waals surface area contributed by atoms with E-state index in [1.54, 1.807) is 0 Å². The fraction of sp³-hybridized carbons (Fsp3) is 0.833. The molecule has 0 saturated carbocycles. The van der Waals surface area contributed by atoms with Crippen molar-refractivity contribution < 1.29 is 4.79 Å². The first-order chi connectivity index (χ1) is 4.24. The van der Waals surface area contributed by atoms with Gasteiger partial charge in [0.15, 0.2) is 0 Å². The third-order valence-electron chi connectivity index (χ3n) is 1.71. The summed E-state index contributed by atoms with van der Waals surface area (Å²) >= 11 is 0. The van der Waals surface area contributed by atoms with Gasteiger partial charge in [0.25, 0.3) is 0 Å². The van der Waals surface area contributed by atoms with Crippen LogP contribution in [0.5, 0.6) is 0 Å². The zero-order chi connectivity index (χ0) is 6.85. The molecule has 1 unspecified atom stereocenters. The molecule has 0 aromatic heterocycles. The zero-order valence-electron chi connectivity index (χ0n) is 5.96. The average Bonchev–Trinajstić information content (AvgIpc) is 2.13. The van der Waals surface area contributed by atoms with Gasteiger partial charge in [0.2, 0.25) is 5.91 Å². The number of nitrogens with one attached hydrogen (secondary N) is 1. The van der Waals surface area contributed by atoms with E-state index < -0.39 is 0 Å². The van der Waals surface area contributed by atoms with Crippen molar-refractivity contribution in [3.63, 3.8) is 0 Å². The molecule has 1 saturated heterocycles. The SMILES string of the molecule is CCC1C[C@H](N)C(=O)N1.Cl. The maximum absolute atomic E-state index is 10.7. The molecule has 1 rings (SSSR count). The van der Waals surface area contributed by atoms with Crippen LogP contribution in [-0.4, -0.2) is 18.0 Å². The third kappa shape index (κ3) is 1.85. The Morgan fingerprint density at radius 2 is 2.40 bits per heavy atom. The predicted molar refractivity (Wildman–Crippen MR) is 42.1 cm³/mol. The third-order valence-corrected chi connectivity index (χ3v) is 1.71. The summed E-state index contributed by atoms with van der Waals surface area (Å²) in [5.41, 5.74) is 5.43. The first kappa shape index (κ1) is 9.72. The highest BCUT2D eigenvalue weighted by Crippen LogP contribution is 2.07. The summed E-state index contributed by atoms with van der Waals surface area (Å²) in [6.45, 7) is 2.04. The molecule has 1 heterocycles. The summed E-state index contributed by atoms with van der Waals surface area (Å²) in [5, 5.41) is 2.79. The van der Waals surface area contributed by atoms with Gasteiger partial charge in [-0.1, -0.05) is 6.92 Å². The maximum atomic E-state index is 10.7. The van der Waals surface area contributed by atoms with Crippen molar-refractivity contribution >= 4 is 18.3 Å². The van der Waals surface area contributed by atoms with Crippen LogP contribution in [0.2, 0.25) is 0 Å². The van der Waals surface area contributed by atoms with E-state index in [-0.39, 0.29) is 24.4 Å². The highest BCUT2D eigenvalue weighted by atomic mass is 35.5. The summed E-state index contributed by atoms with van der Waals surface area (Å²) in [6, 6.07) is 0.0717. The van der Waals surface area contributed by atoms with E-state index in [1.165, 1.54) is 0 Å². The minimum atomic E-state index is -0.255.